The van der Waals surface area contributed by atoms with Gasteiger partial charge in [-0.2, -0.15) is 0 Å². The van der Waals surface area contributed by atoms with E-state index in [0.717, 1.165) is 11.1 Å². The second-order valence-electron chi connectivity index (χ2n) is 4.27. The predicted octanol–water partition coefficient (Wildman–Crippen LogP) is 2.98. The molecule has 2 aromatic rings. The minimum absolute atomic E-state index is 0.0374. The van der Waals surface area contributed by atoms with Gasteiger partial charge in [0, 0.05) is 7.05 Å². The number of carbonyl (C=O) groups excluding carboxylic acids is 1. The summed E-state index contributed by atoms with van der Waals surface area (Å²) >= 11 is 0. The number of benzene rings is 2. The van der Waals surface area contributed by atoms with E-state index in [1.165, 1.54) is 0 Å². The van der Waals surface area contributed by atoms with Gasteiger partial charge >= 0.3 is 0 Å². The van der Waals surface area contributed by atoms with Crippen LogP contribution in [0.1, 0.15) is 11.1 Å². The molecule has 0 aliphatic rings. The first-order valence-electron chi connectivity index (χ1n) is 6.44. The maximum absolute atomic E-state index is 11.1. The minimum Gasteiger partial charge on any atom is -0.484 e. The van der Waals surface area contributed by atoms with Crippen LogP contribution < -0.4 is 10.1 Å². The predicted molar refractivity (Wildman–Crippen MR) is 81.4 cm³/mol. The Labute approximate surface area is 118 Å². The number of likely N-dealkylation sites (N-methyl/N-ethyl adjacent to an activating group) is 1. The van der Waals surface area contributed by atoms with E-state index in [2.05, 4.69) is 23.5 Å². The number of hydrogen-bond acceptors (Lipinski definition) is 2. The van der Waals surface area contributed by atoms with Gasteiger partial charge in [0.1, 0.15) is 5.75 Å². The maximum atomic E-state index is 11.1. The second-order valence-corrected chi connectivity index (χ2v) is 4.27. The summed E-state index contributed by atoms with van der Waals surface area (Å²) in [6.07, 6.45) is 4.10. The summed E-state index contributed by atoms with van der Waals surface area (Å²) in [5.41, 5.74) is 2.24. The highest BCUT2D eigenvalue weighted by Gasteiger charge is 1.99. The van der Waals surface area contributed by atoms with E-state index in [4.69, 9.17) is 4.74 Å². The Morgan fingerprint density at radius 2 is 1.60 bits per heavy atom. The molecule has 0 aliphatic heterocycles. The molecule has 0 atom stereocenters. The van der Waals surface area contributed by atoms with Gasteiger partial charge in [-0.15, -0.1) is 0 Å². The smallest absolute Gasteiger partial charge is 0.257 e. The van der Waals surface area contributed by atoms with E-state index in [-0.39, 0.29) is 12.5 Å². The Balaban J connectivity index is 1.95. The number of hydrogen-bond donors (Lipinski definition) is 1. The topological polar surface area (TPSA) is 38.3 Å². The van der Waals surface area contributed by atoms with Crippen LogP contribution in [0.25, 0.3) is 12.2 Å². The van der Waals surface area contributed by atoms with Crippen LogP contribution in [0.3, 0.4) is 0 Å². The fourth-order valence-electron chi connectivity index (χ4n) is 1.65. The van der Waals surface area contributed by atoms with Gasteiger partial charge in [0.2, 0.25) is 0 Å². The fourth-order valence-corrected chi connectivity index (χ4v) is 1.65. The van der Waals surface area contributed by atoms with Crippen molar-refractivity contribution in [3.05, 3.63) is 65.7 Å². The van der Waals surface area contributed by atoms with E-state index in [9.17, 15) is 4.79 Å². The molecular weight excluding hydrogens is 250 g/mol. The third-order valence-electron chi connectivity index (χ3n) is 2.80. The lowest BCUT2D eigenvalue weighted by molar-refractivity contribution is -0.122. The first kappa shape index (κ1) is 13.9. The number of rotatable bonds is 5. The van der Waals surface area contributed by atoms with Gasteiger partial charge in [0.15, 0.2) is 6.61 Å². The highest BCUT2D eigenvalue weighted by atomic mass is 16.5. The van der Waals surface area contributed by atoms with Gasteiger partial charge in [0.25, 0.3) is 5.91 Å². The zero-order valence-electron chi connectivity index (χ0n) is 11.4. The number of amides is 1. The van der Waals surface area contributed by atoms with Gasteiger partial charge in [0.05, 0.1) is 0 Å². The Kier molecular flexibility index (Phi) is 4.95. The third kappa shape index (κ3) is 4.28. The van der Waals surface area contributed by atoms with Crippen LogP contribution >= 0.6 is 0 Å². The lowest BCUT2D eigenvalue weighted by Gasteiger charge is -2.05. The molecule has 3 nitrogen and oxygen atoms in total. The van der Waals surface area contributed by atoms with Crippen molar-refractivity contribution < 1.29 is 9.53 Å². The summed E-state index contributed by atoms with van der Waals surface area (Å²) in [5, 5.41) is 2.51. The average molecular weight is 267 g/mol. The molecule has 1 amide bonds. The highest BCUT2D eigenvalue weighted by molar-refractivity contribution is 5.77. The molecule has 20 heavy (non-hydrogen) atoms. The SMILES string of the molecule is CNC(=O)COc1ccc(/C=C/c2ccccc2)cc1. The number of ether oxygens (including phenoxy) is 1. The van der Waals surface area contributed by atoms with Crippen molar-refractivity contribution in [2.75, 3.05) is 13.7 Å². The van der Waals surface area contributed by atoms with E-state index >= 15 is 0 Å². The van der Waals surface area contributed by atoms with Gasteiger partial charge in [-0.3, -0.25) is 4.79 Å². The molecule has 1 N–H and O–H groups in total. The van der Waals surface area contributed by atoms with E-state index < -0.39 is 0 Å². The van der Waals surface area contributed by atoms with Crippen LogP contribution in [0.15, 0.2) is 54.6 Å². The summed E-state index contributed by atoms with van der Waals surface area (Å²) in [6, 6.07) is 17.7. The zero-order valence-corrected chi connectivity index (χ0v) is 11.4. The molecule has 0 radical (unpaired) electrons. The maximum Gasteiger partial charge on any atom is 0.257 e. The standard InChI is InChI=1S/C17H17NO2/c1-18-17(19)13-20-16-11-9-15(10-12-16)8-7-14-5-3-2-4-6-14/h2-12H,13H2,1H3,(H,18,19)/b8-7+. The average Bonchev–Trinajstić information content (AvgIpc) is 2.52. The van der Waals surface area contributed by atoms with Crippen molar-refractivity contribution in [1.29, 1.82) is 0 Å². The van der Waals surface area contributed by atoms with Crippen molar-refractivity contribution in [3.8, 4) is 5.75 Å². The summed E-state index contributed by atoms with van der Waals surface area (Å²) in [7, 11) is 1.59. The second kappa shape index (κ2) is 7.14. The monoisotopic (exact) mass is 267 g/mol. The number of nitrogens with one attached hydrogen (secondary N) is 1. The molecule has 0 aromatic heterocycles. The first-order valence-corrected chi connectivity index (χ1v) is 6.44. The van der Waals surface area contributed by atoms with Crippen molar-refractivity contribution in [1.82, 2.24) is 5.32 Å². The van der Waals surface area contributed by atoms with Crippen LogP contribution in [-0.2, 0) is 4.79 Å². The molecule has 0 saturated heterocycles. The fraction of sp³-hybridized carbons (Fsp3) is 0.118. The first-order chi connectivity index (χ1) is 9.78. The largest absolute Gasteiger partial charge is 0.484 e. The Morgan fingerprint density at radius 1 is 1.00 bits per heavy atom. The van der Waals surface area contributed by atoms with Gasteiger partial charge in [-0.1, -0.05) is 54.6 Å². The summed E-state index contributed by atoms with van der Waals surface area (Å²) in [5.74, 6) is 0.545. The molecular formula is C17H17NO2. The Bertz CT molecular complexity index is 574. The Morgan fingerprint density at radius 3 is 2.20 bits per heavy atom. The van der Waals surface area contributed by atoms with E-state index in [1.54, 1.807) is 7.05 Å². The molecule has 2 aromatic carbocycles. The van der Waals surface area contributed by atoms with Crippen molar-refractivity contribution in [2.24, 2.45) is 0 Å². The summed E-state index contributed by atoms with van der Waals surface area (Å²) < 4.78 is 5.34. The van der Waals surface area contributed by atoms with Crippen molar-refractivity contribution in [3.63, 3.8) is 0 Å². The molecule has 0 spiro atoms. The van der Waals surface area contributed by atoms with Gasteiger partial charge in [-0.25, -0.2) is 0 Å². The Hall–Kier alpha value is -2.55. The summed E-state index contributed by atoms with van der Waals surface area (Å²) in [4.78, 5) is 11.1. The minimum atomic E-state index is -0.141. The van der Waals surface area contributed by atoms with E-state index in [1.807, 2.05) is 48.5 Å². The quantitative estimate of drug-likeness (QED) is 0.846. The van der Waals surface area contributed by atoms with Crippen LogP contribution in [0.4, 0.5) is 0 Å². The molecule has 0 bridgehead atoms. The van der Waals surface area contributed by atoms with Crippen LogP contribution in [0.5, 0.6) is 5.75 Å². The molecule has 3 heteroatoms. The lowest BCUT2D eigenvalue weighted by atomic mass is 10.1. The third-order valence-corrected chi connectivity index (χ3v) is 2.80. The molecule has 0 unspecified atom stereocenters. The molecule has 102 valence electrons. The molecule has 0 heterocycles. The van der Waals surface area contributed by atoms with Crippen molar-refractivity contribution >= 4 is 18.1 Å². The summed E-state index contributed by atoms with van der Waals surface area (Å²) in [6.45, 7) is 0.0374. The van der Waals surface area contributed by atoms with Crippen LogP contribution in [0.2, 0.25) is 0 Å². The molecule has 0 saturated carbocycles. The molecule has 0 aliphatic carbocycles. The van der Waals surface area contributed by atoms with Crippen LogP contribution in [0, 0.1) is 0 Å². The van der Waals surface area contributed by atoms with Gasteiger partial charge < -0.3 is 10.1 Å². The highest BCUT2D eigenvalue weighted by Crippen LogP contribution is 2.14. The lowest BCUT2D eigenvalue weighted by Crippen LogP contribution is -2.24. The van der Waals surface area contributed by atoms with Crippen LogP contribution in [-0.4, -0.2) is 19.6 Å². The zero-order chi connectivity index (χ0) is 14.2. The van der Waals surface area contributed by atoms with E-state index in [0.29, 0.717) is 5.75 Å². The normalized spacial score (nSPS) is 10.4. The van der Waals surface area contributed by atoms with Crippen molar-refractivity contribution in [2.45, 2.75) is 0 Å². The van der Waals surface area contributed by atoms with Gasteiger partial charge in [-0.05, 0) is 23.3 Å². The number of carbonyl (C=O) groups is 1. The molecule has 2 rings (SSSR count). The molecule has 0 fully saturated rings.